The third kappa shape index (κ3) is 3.74. The van der Waals surface area contributed by atoms with Crippen molar-refractivity contribution in [1.29, 1.82) is 0 Å². The fourth-order valence-corrected chi connectivity index (χ4v) is 1.59. The number of carboxylic acid groups (broad SMARTS) is 1. The lowest BCUT2D eigenvalue weighted by Gasteiger charge is -2.12. The highest BCUT2D eigenvalue weighted by Gasteiger charge is 2.13. The molecular weight excluding hydrogens is 288 g/mol. The zero-order valence-electron chi connectivity index (χ0n) is 9.24. The van der Waals surface area contributed by atoms with Crippen molar-refractivity contribution in [3.8, 4) is 0 Å². The number of carboxylic acids is 1. The summed E-state index contributed by atoms with van der Waals surface area (Å²) in [7, 11) is 0. The number of carbonyl (C=O) groups is 2. The molecule has 4 N–H and O–H groups in total. The summed E-state index contributed by atoms with van der Waals surface area (Å²) in [5.74, 6) is -1.99. The van der Waals surface area contributed by atoms with E-state index in [-0.39, 0.29) is 6.54 Å². The minimum Gasteiger partial charge on any atom is -0.481 e. The molecule has 0 aliphatic heterocycles. The Morgan fingerprint density at radius 1 is 1.53 bits per heavy atom. The van der Waals surface area contributed by atoms with Crippen molar-refractivity contribution >= 4 is 33.5 Å². The first kappa shape index (κ1) is 13.5. The highest BCUT2D eigenvalue weighted by atomic mass is 79.9. The molecule has 0 aliphatic carbocycles. The smallest absolute Gasteiger partial charge is 0.308 e. The van der Waals surface area contributed by atoms with E-state index >= 15 is 0 Å². The van der Waals surface area contributed by atoms with Gasteiger partial charge in [-0.2, -0.15) is 0 Å². The van der Waals surface area contributed by atoms with Crippen LogP contribution < -0.4 is 11.1 Å². The van der Waals surface area contributed by atoms with Gasteiger partial charge in [0.15, 0.2) is 0 Å². The number of rotatable bonds is 5. The molecule has 92 valence electrons. The number of hydrogen-bond acceptors (Lipinski definition) is 3. The van der Waals surface area contributed by atoms with E-state index in [9.17, 15) is 9.59 Å². The SMILES string of the molecule is CC(CNc1ccc(Br)cc1C(N)=O)C(=O)O. The molecule has 0 bridgehead atoms. The maximum atomic E-state index is 11.2. The first-order valence-corrected chi connectivity index (χ1v) is 5.77. The molecule has 1 atom stereocenters. The first-order chi connectivity index (χ1) is 7.91. The number of amides is 1. The summed E-state index contributed by atoms with van der Waals surface area (Å²) in [6.45, 7) is 1.81. The fourth-order valence-electron chi connectivity index (χ4n) is 1.22. The van der Waals surface area contributed by atoms with E-state index in [1.165, 1.54) is 0 Å². The maximum Gasteiger partial charge on any atom is 0.308 e. The zero-order valence-corrected chi connectivity index (χ0v) is 10.8. The van der Waals surface area contributed by atoms with Crippen molar-refractivity contribution in [3.63, 3.8) is 0 Å². The lowest BCUT2D eigenvalue weighted by molar-refractivity contribution is -0.140. The molecule has 0 fully saturated rings. The van der Waals surface area contributed by atoms with Gasteiger partial charge in [-0.1, -0.05) is 22.9 Å². The number of halogens is 1. The minimum absolute atomic E-state index is 0.233. The van der Waals surface area contributed by atoms with Crippen molar-refractivity contribution in [2.24, 2.45) is 11.7 Å². The molecule has 1 rings (SSSR count). The third-order valence-corrected chi connectivity index (χ3v) is 2.76. The number of anilines is 1. The summed E-state index contributed by atoms with van der Waals surface area (Å²) in [6.07, 6.45) is 0. The Morgan fingerprint density at radius 3 is 2.71 bits per heavy atom. The standard InChI is InChI=1S/C11H13BrN2O3/c1-6(11(16)17)5-14-9-3-2-7(12)4-8(9)10(13)15/h2-4,6,14H,5H2,1H3,(H2,13,15)(H,16,17). The van der Waals surface area contributed by atoms with Crippen molar-refractivity contribution in [2.75, 3.05) is 11.9 Å². The maximum absolute atomic E-state index is 11.2. The molecule has 1 aromatic rings. The second-order valence-corrected chi connectivity index (χ2v) is 4.59. The highest BCUT2D eigenvalue weighted by molar-refractivity contribution is 9.10. The highest BCUT2D eigenvalue weighted by Crippen LogP contribution is 2.20. The predicted octanol–water partition coefficient (Wildman–Crippen LogP) is 1.68. The summed E-state index contributed by atoms with van der Waals surface area (Å²) < 4.78 is 0.739. The van der Waals surface area contributed by atoms with Gasteiger partial charge < -0.3 is 16.2 Å². The number of nitrogens with one attached hydrogen (secondary N) is 1. The average Bonchev–Trinajstić information content (AvgIpc) is 2.26. The largest absolute Gasteiger partial charge is 0.481 e. The van der Waals surface area contributed by atoms with Crippen molar-refractivity contribution in [3.05, 3.63) is 28.2 Å². The van der Waals surface area contributed by atoms with Crippen LogP contribution in [0.2, 0.25) is 0 Å². The molecule has 0 aliphatic rings. The zero-order chi connectivity index (χ0) is 13.0. The van der Waals surface area contributed by atoms with Crippen LogP contribution in [0.25, 0.3) is 0 Å². The van der Waals surface area contributed by atoms with Crippen molar-refractivity contribution in [2.45, 2.75) is 6.92 Å². The molecule has 0 saturated carbocycles. The Morgan fingerprint density at radius 2 is 2.18 bits per heavy atom. The Hall–Kier alpha value is -1.56. The van der Waals surface area contributed by atoms with E-state index in [0.29, 0.717) is 11.3 Å². The van der Waals surface area contributed by atoms with E-state index in [0.717, 1.165) is 4.47 Å². The number of carbonyl (C=O) groups excluding carboxylic acids is 1. The molecule has 0 radical (unpaired) electrons. The van der Waals surface area contributed by atoms with Gasteiger partial charge in [-0.05, 0) is 18.2 Å². The summed E-state index contributed by atoms with van der Waals surface area (Å²) in [6, 6.07) is 5.02. The van der Waals surface area contributed by atoms with E-state index < -0.39 is 17.8 Å². The van der Waals surface area contributed by atoms with Crippen molar-refractivity contribution < 1.29 is 14.7 Å². The van der Waals surface area contributed by atoms with Crippen LogP contribution in [-0.4, -0.2) is 23.5 Å². The molecule has 5 nitrogen and oxygen atoms in total. The lowest BCUT2D eigenvalue weighted by Crippen LogP contribution is -2.21. The molecule has 1 aromatic carbocycles. The van der Waals surface area contributed by atoms with E-state index in [4.69, 9.17) is 10.8 Å². The number of hydrogen-bond donors (Lipinski definition) is 3. The third-order valence-electron chi connectivity index (χ3n) is 2.27. The van der Waals surface area contributed by atoms with Crippen LogP contribution in [-0.2, 0) is 4.79 Å². The monoisotopic (exact) mass is 300 g/mol. The van der Waals surface area contributed by atoms with Gasteiger partial charge in [0.05, 0.1) is 11.5 Å². The number of aliphatic carboxylic acids is 1. The first-order valence-electron chi connectivity index (χ1n) is 4.98. The van der Waals surface area contributed by atoms with Gasteiger partial charge in [0, 0.05) is 16.7 Å². The molecule has 1 amide bonds. The van der Waals surface area contributed by atoms with Gasteiger partial charge >= 0.3 is 5.97 Å². The molecule has 0 heterocycles. The summed E-state index contributed by atoms with van der Waals surface area (Å²) in [5, 5.41) is 11.6. The Labute approximate surface area is 107 Å². The number of primary amides is 1. The van der Waals surface area contributed by atoms with Gasteiger partial charge in [-0.3, -0.25) is 9.59 Å². The van der Waals surface area contributed by atoms with Crippen molar-refractivity contribution in [1.82, 2.24) is 0 Å². The van der Waals surface area contributed by atoms with Gasteiger partial charge in [-0.15, -0.1) is 0 Å². The summed E-state index contributed by atoms with van der Waals surface area (Å²) >= 11 is 3.24. The molecular formula is C11H13BrN2O3. The van der Waals surface area contributed by atoms with E-state index in [1.807, 2.05) is 0 Å². The summed E-state index contributed by atoms with van der Waals surface area (Å²) in [4.78, 5) is 21.9. The molecule has 6 heteroatoms. The van der Waals surface area contributed by atoms with E-state index in [2.05, 4.69) is 21.2 Å². The van der Waals surface area contributed by atoms with Gasteiger partial charge in [0.25, 0.3) is 5.91 Å². The van der Waals surface area contributed by atoms with Crippen LogP contribution in [0.4, 0.5) is 5.69 Å². The van der Waals surface area contributed by atoms with Crippen LogP contribution in [0.5, 0.6) is 0 Å². The Balaban J connectivity index is 2.84. The molecule has 17 heavy (non-hydrogen) atoms. The van der Waals surface area contributed by atoms with Gasteiger partial charge in [0.2, 0.25) is 0 Å². The second-order valence-electron chi connectivity index (χ2n) is 3.67. The predicted molar refractivity (Wildman–Crippen MR) is 67.9 cm³/mol. The second kappa shape index (κ2) is 5.67. The molecule has 1 unspecified atom stereocenters. The molecule has 0 saturated heterocycles. The fraction of sp³-hybridized carbons (Fsp3) is 0.273. The molecule has 0 aromatic heterocycles. The van der Waals surface area contributed by atoms with Crippen LogP contribution in [0.15, 0.2) is 22.7 Å². The van der Waals surface area contributed by atoms with Crippen LogP contribution >= 0.6 is 15.9 Å². The minimum atomic E-state index is -0.893. The summed E-state index contributed by atoms with van der Waals surface area (Å²) in [5.41, 5.74) is 6.10. The topological polar surface area (TPSA) is 92.4 Å². The average molecular weight is 301 g/mol. The Kier molecular flexibility index (Phi) is 4.51. The number of benzene rings is 1. The Bertz CT molecular complexity index is 448. The van der Waals surface area contributed by atoms with Crippen LogP contribution in [0, 0.1) is 5.92 Å². The van der Waals surface area contributed by atoms with Crippen LogP contribution in [0.1, 0.15) is 17.3 Å². The van der Waals surface area contributed by atoms with Gasteiger partial charge in [0.1, 0.15) is 0 Å². The van der Waals surface area contributed by atoms with E-state index in [1.54, 1.807) is 25.1 Å². The number of nitrogens with two attached hydrogens (primary N) is 1. The quantitative estimate of drug-likeness (QED) is 0.771. The normalized spacial score (nSPS) is 11.9. The van der Waals surface area contributed by atoms with Gasteiger partial charge in [-0.25, -0.2) is 0 Å². The molecule has 0 spiro atoms. The van der Waals surface area contributed by atoms with Crippen LogP contribution in [0.3, 0.4) is 0 Å². The lowest BCUT2D eigenvalue weighted by atomic mass is 10.1.